The largest absolute Gasteiger partial charge is 0.491 e. The summed E-state index contributed by atoms with van der Waals surface area (Å²) in [6.45, 7) is 10.1. The van der Waals surface area contributed by atoms with Gasteiger partial charge in [-0.15, -0.1) is 0 Å². The van der Waals surface area contributed by atoms with Crippen molar-refractivity contribution < 1.29 is 14.2 Å². The first-order chi connectivity index (χ1) is 10.2. The molecule has 0 amide bonds. The summed E-state index contributed by atoms with van der Waals surface area (Å²) in [5, 5.41) is 3.49. The summed E-state index contributed by atoms with van der Waals surface area (Å²) in [6.07, 6.45) is 1.13. The summed E-state index contributed by atoms with van der Waals surface area (Å²) < 4.78 is 16.9. The minimum atomic E-state index is 0.309. The van der Waals surface area contributed by atoms with E-state index in [1.807, 2.05) is 12.1 Å². The third-order valence-electron chi connectivity index (χ3n) is 3.35. The second-order valence-corrected chi connectivity index (χ2v) is 5.83. The first kappa shape index (κ1) is 16.1. The van der Waals surface area contributed by atoms with Crippen LogP contribution < -0.4 is 14.8 Å². The lowest BCUT2D eigenvalue weighted by Crippen LogP contribution is -2.22. The summed E-state index contributed by atoms with van der Waals surface area (Å²) in [5.74, 6) is 2.34. The Morgan fingerprint density at radius 1 is 1.33 bits per heavy atom. The van der Waals surface area contributed by atoms with E-state index < -0.39 is 0 Å². The Morgan fingerprint density at radius 3 is 2.95 bits per heavy atom. The van der Waals surface area contributed by atoms with Gasteiger partial charge in [0.15, 0.2) is 0 Å². The zero-order chi connectivity index (χ0) is 15.1. The molecule has 2 rings (SSSR count). The fraction of sp³-hybridized carbons (Fsp3) is 0.647. The molecule has 4 heteroatoms. The molecule has 0 saturated carbocycles. The highest BCUT2D eigenvalue weighted by Gasteiger charge is 2.23. The Morgan fingerprint density at radius 2 is 2.19 bits per heavy atom. The number of rotatable bonds is 9. The zero-order valence-electron chi connectivity index (χ0n) is 13.4. The van der Waals surface area contributed by atoms with Crippen molar-refractivity contribution in [1.29, 1.82) is 0 Å². The van der Waals surface area contributed by atoms with Gasteiger partial charge in [0.25, 0.3) is 0 Å². The van der Waals surface area contributed by atoms with Crippen LogP contribution in [0.15, 0.2) is 18.2 Å². The molecule has 118 valence electrons. The maximum absolute atomic E-state index is 5.73. The van der Waals surface area contributed by atoms with Crippen LogP contribution in [0, 0.1) is 5.92 Å². The number of fused-ring (bicyclic) bond motifs is 1. The number of benzene rings is 1. The van der Waals surface area contributed by atoms with Crippen LogP contribution in [-0.2, 0) is 4.74 Å². The predicted octanol–water partition coefficient (Wildman–Crippen LogP) is 3.17. The van der Waals surface area contributed by atoms with Crippen molar-refractivity contribution in [3.8, 4) is 11.5 Å². The van der Waals surface area contributed by atoms with Crippen LogP contribution in [-0.4, -0.2) is 33.0 Å². The average molecular weight is 293 g/mol. The summed E-state index contributed by atoms with van der Waals surface area (Å²) in [4.78, 5) is 0. The van der Waals surface area contributed by atoms with Gasteiger partial charge in [-0.25, -0.2) is 0 Å². The molecule has 0 fully saturated rings. The lowest BCUT2D eigenvalue weighted by Gasteiger charge is -2.11. The van der Waals surface area contributed by atoms with Gasteiger partial charge in [-0.2, -0.15) is 0 Å². The molecule has 1 aliphatic heterocycles. The summed E-state index contributed by atoms with van der Waals surface area (Å²) in [6, 6.07) is 6.39. The molecule has 1 aromatic carbocycles. The number of hydrogen-bond acceptors (Lipinski definition) is 4. The molecule has 0 bridgehead atoms. The molecule has 1 heterocycles. The fourth-order valence-corrected chi connectivity index (χ4v) is 2.31. The molecular formula is C17H27NO3. The predicted molar refractivity (Wildman–Crippen MR) is 84.1 cm³/mol. The van der Waals surface area contributed by atoms with Crippen LogP contribution in [0.5, 0.6) is 11.5 Å². The minimum Gasteiger partial charge on any atom is -0.491 e. The van der Waals surface area contributed by atoms with Crippen molar-refractivity contribution in [2.45, 2.75) is 33.2 Å². The number of ether oxygens (including phenoxy) is 3. The van der Waals surface area contributed by atoms with E-state index in [0.29, 0.717) is 31.8 Å². The maximum Gasteiger partial charge on any atom is 0.127 e. The lowest BCUT2D eigenvalue weighted by molar-refractivity contribution is 0.0818. The molecule has 0 saturated heterocycles. The molecule has 1 aliphatic rings. The highest BCUT2D eigenvalue weighted by molar-refractivity contribution is 5.45. The lowest BCUT2D eigenvalue weighted by atomic mass is 10.1. The molecule has 1 N–H and O–H groups in total. The average Bonchev–Trinajstić information content (AvgIpc) is 2.86. The molecule has 1 unspecified atom stereocenters. The van der Waals surface area contributed by atoms with Crippen LogP contribution >= 0.6 is 0 Å². The Balaban J connectivity index is 1.79. The topological polar surface area (TPSA) is 39.7 Å². The minimum absolute atomic E-state index is 0.309. The Hall–Kier alpha value is -1.26. The van der Waals surface area contributed by atoms with Crippen LogP contribution in [0.2, 0.25) is 0 Å². The summed E-state index contributed by atoms with van der Waals surface area (Å²) in [7, 11) is 0. The molecule has 4 nitrogen and oxygen atoms in total. The first-order valence-electron chi connectivity index (χ1n) is 7.91. The third-order valence-corrected chi connectivity index (χ3v) is 3.35. The molecule has 0 radical (unpaired) electrons. The van der Waals surface area contributed by atoms with Gasteiger partial charge in [-0.05, 0) is 31.0 Å². The third kappa shape index (κ3) is 4.90. The molecule has 1 atom stereocenters. The first-order valence-corrected chi connectivity index (χ1v) is 7.91. The molecule has 1 aromatic rings. The van der Waals surface area contributed by atoms with E-state index in [4.69, 9.17) is 14.2 Å². The van der Waals surface area contributed by atoms with Crippen molar-refractivity contribution in [3.05, 3.63) is 23.8 Å². The Kier molecular flexibility index (Phi) is 6.33. The van der Waals surface area contributed by atoms with E-state index in [1.54, 1.807) is 0 Å². The van der Waals surface area contributed by atoms with Gasteiger partial charge in [0.2, 0.25) is 0 Å². The Bertz CT molecular complexity index is 434. The van der Waals surface area contributed by atoms with E-state index in [0.717, 1.165) is 31.1 Å². The van der Waals surface area contributed by atoms with Crippen molar-refractivity contribution in [2.24, 2.45) is 5.92 Å². The fourth-order valence-electron chi connectivity index (χ4n) is 2.31. The second-order valence-electron chi connectivity index (χ2n) is 5.83. The highest BCUT2D eigenvalue weighted by atomic mass is 16.5. The van der Waals surface area contributed by atoms with Crippen molar-refractivity contribution in [1.82, 2.24) is 5.32 Å². The summed E-state index contributed by atoms with van der Waals surface area (Å²) in [5.41, 5.74) is 1.23. The SMILES string of the molecule is CCCNC1COc2cc(OCCOCC(C)C)ccc21. The smallest absolute Gasteiger partial charge is 0.127 e. The maximum atomic E-state index is 5.73. The molecule has 0 aliphatic carbocycles. The Labute approximate surface area is 127 Å². The van der Waals surface area contributed by atoms with Crippen LogP contribution in [0.1, 0.15) is 38.8 Å². The van der Waals surface area contributed by atoms with Gasteiger partial charge in [0, 0.05) is 18.2 Å². The van der Waals surface area contributed by atoms with Gasteiger partial charge in [-0.1, -0.05) is 20.8 Å². The normalized spacial score (nSPS) is 16.9. The zero-order valence-corrected chi connectivity index (χ0v) is 13.4. The van der Waals surface area contributed by atoms with Crippen LogP contribution in [0.25, 0.3) is 0 Å². The number of nitrogens with one attached hydrogen (secondary N) is 1. The van der Waals surface area contributed by atoms with Gasteiger partial charge >= 0.3 is 0 Å². The number of hydrogen-bond donors (Lipinski definition) is 1. The van der Waals surface area contributed by atoms with Gasteiger partial charge in [0.05, 0.1) is 12.6 Å². The van der Waals surface area contributed by atoms with Gasteiger partial charge in [0.1, 0.15) is 24.7 Å². The van der Waals surface area contributed by atoms with E-state index in [2.05, 4.69) is 32.2 Å². The highest BCUT2D eigenvalue weighted by Crippen LogP contribution is 2.35. The van der Waals surface area contributed by atoms with E-state index in [1.165, 1.54) is 5.56 Å². The van der Waals surface area contributed by atoms with Crippen LogP contribution in [0.3, 0.4) is 0 Å². The molecule has 0 spiro atoms. The van der Waals surface area contributed by atoms with Crippen LogP contribution in [0.4, 0.5) is 0 Å². The standard InChI is InChI=1S/C17H27NO3/c1-4-7-18-16-12-21-17-10-14(5-6-15(16)17)20-9-8-19-11-13(2)3/h5-6,10,13,16,18H,4,7-9,11-12H2,1-3H3. The molecule has 0 aromatic heterocycles. The summed E-state index contributed by atoms with van der Waals surface area (Å²) >= 11 is 0. The quantitative estimate of drug-likeness (QED) is 0.710. The van der Waals surface area contributed by atoms with E-state index in [-0.39, 0.29) is 0 Å². The van der Waals surface area contributed by atoms with Crippen molar-refractivity contribution >= 4 is 0 Å². The van der Waals surface area contributed by atoms with E-state index in [9.17, 15) is 0 Å². The van der Waals surface area contributed by atoms with Crippen molar-refractivity contribution in [3.63, 3.8) is 0 Å². The van der Waals surface area contributed by atoms with E-state index >= 15 is 0 Å². The van der Waals surface area contributed by atoms with Gasteiger partial charge in [-0.3, -0.25) is 0 Å². The molecule has 21 heavy (non-hydrogen) atoms. The molecular weight excluding hydrogens is 266 g/mol. The van der Waals surface area contributed by atoms with Gasteiger partial charge < -0.3 is 19.5 Å². The monoisotopic (exact) mass is 293 g/mol. The second kappa shape index (κ2) is 8.25. The van der Waals surface area contributed by atoms with Crippen molar-refractivity contribution in [2.75, 3.05) is 33.0 Å².